The van der Waals surface area contributed by atoms with E-state index in [4.69, 9.17) is 11.6 Å². The Balaban J connectivity index is 1.68. The van der Waals surface area contributed by atoms with E-state index in [1.54, 1.807) is 48.7 Å². The second-order valence-corrected chi connectivity index (χ2v) is 8.85. The molecule has 1 N–H and O–H groups in total. The number of hydrogen-bond donors (Lipinski definition) is 1. The Labute approximate surface area is 224 Å². The van der Waals surface area contributed by atoms with Gasteiger partial charge in [-0.3, -0.25) is 24.4 Å². The number of aldehydes is 2. The minimum atomic E-state index is -0.422. The SMILES string of the molecule is Cc1cc(/C=C/c2nccc(-c3cccc(NC(=O)c4ccc(C=O)cn4)c3C)c2C#N)c(Cl)cc1C=O. The van der Waals surface area contributed by atoms with Gasteiger partial charge in [-0.15, -0.1) is 0 Å². The third-order valence-electron chi connectivity index (χ3n) is 6.05. The third kappa shape index (κ3) is 5.41. The third-order valence-corrected chi connectivity index (χ3v) is 6.38. The molecule has 0 aliphatic carbocycles. The lowest BCUT2D eigenvalue weighted by Gasteiger charge is -2.14. The number of halogens is 1. The summed E-state index contributed by atoms with van der Waals surface area (Å²) in [5, 5.41) is 13.3. The average molecular weight is 521 g/mol. The lowest BCUT2D eigenvalue weighted by molar-refractivity contribution is 0.102. The van der Waals surface area contributed by atoms with E-state index in [0.29, 0.717) is 50.5 Å². The van der Waals surface area contributed by atoms with Crippen LogP contribution < -0.4 is 5.32 Å². The normalized spacial score (nSPS) is 10.7. The molecule has 0 atom stereocenters. The molecule has 0 aliphatic heterocycles. The van der Waals surface area contributed by atoms with E-state index in [1.165, 1.54) is 18.3 Å². The summed E-state index contributed by atoms with van der Waals surface area (Å²) in [6.07, 6.45) is 7.82. The van der Waals surface area contributed by atoms with Crippen LogP contribution in [0.3, 0.4) is 0 Å². The number of benzene rings is 2. The number of amides is 1. The van der Waals surface area contributed by atoms with Crippen molar-refractivity contribution in [3.8, 4) is 17.2 Å². The van der Waals surface area contributed by atoms with Crippen LogP contribution in [-0.2, 0) is 0 Å². The van der Waals surface area contributed by atoms with Crippen LogP contribution in [0.2, 0.25) is 5.02 Å². The van der Waals surface area contributed by atoms with Crippen molar-refractivity contribution in [3.63, 3.8) is 0 Å². The molecule has 0 saturated heterocycles. The highest BCUT2D eigenvalue weighted by Crippen LogP contribution is 2.32. The molecule has 0 radical (unpaired) electrons. The van der Waals surface area contributed by atoms with Crippen LogP contribution in [0.1, 0.15) is 59.2 Å². The van der Waals surface area contributed by atoms with Crippen LogP contribution in [0, 0.1) is 25.2 Å². The van der Waals surface area contributed by atoms with Crippen molar-refractivity contribution < 1.29 is 14.4 Å². The first-order chi connectivity index (χ1) is 18.4. The summed E-state index contributed by atoms with van der Waals surface area (Å²) in [7, 11) is 0. The maximum absolute atomic E-state index is 12.7. The van der Waals surface area contributed by atoms with Crippen LogP contribution in [0.25, 0.3) is 23.3 Å². The number of aromatic nitrogens is 2. The first-order valence-electron chi connectivity index (χ1n) is 11.5. The minimum Gasteiger partial charge on any atom is -0.320 e. The monoisotopic (exact) mass is 520 g/mol. The number of pyridine rings is 2. The van der Waals surface area contributed by atoms with E-state index in [2.05, 4.69) is 21.4 Å². The zero-order valence-electron chi connectivity index (χ0n) is 20.5. The summed E-state index contributed by atoms with van der Waals surface area (Å²) in [6, 6.07) is 15.8. The molecule has 2 aromatic heterocycles. The highest BCUT2D eigenvalue weighted by atomic mass is 35.5. The Morgan fingerprint density at radius 3 is 2.47 bits per heavy atom. The predicted octanol–water partition coefficient (Wildman–Crippen LogP) is 6.33. The second-order valence-electron chi connectivity index (χ2n) is 8.44. The highest BCUT2D eigenvalue weighted by molar-refractivity contribution is 6.32. The Morgan fingerprint density at radius 2 is 1.79 bits per heavy atom. The van der Waals surface area contributed by atoms with Crippen molar-refractivity contribution in [2.45, 2.75) is 13.8 Å². The molecule has 0 fully saturated rings. The fourth-order valence-electron chi connectivity index (χ4n) is 3.95. The van der Waals surface area contributed by atoms with Crippen molar-refractivity contribution in [2.75, 3.05) is 5.32 Å². The molecule has 8 heteroatoms. The summed E-state index contributed by atoms with van der Waals surface area (Å²) in [4.78, 5) is 43.2. The molecule has 0 unspecified atom stereocenters. The lowest BCUT2D eigenvalue weighted by atomic mass is 9.94. The maximum atomic E-state index is 12.7. The number of nitrogens with one attached hydrogen (secondary N) is 1. The number of anilines is 1. The number of nitriles is 1. The van der Waals surface area contributed by atoms with E-state index in [-0.39, 0.29) is 5.69 Å². The predicted molar refractivity (Wildman–Crippen MR) is 147 cm³/mol. The summed E-state index contributed by atoms with van der Waals surface area (Å²) < 4.78 is 0. The molecule has 4 aromatic rings. The number of carbonyl (C=O) groups excluding carboxylic acids is 3. The van der Waals surface area contributed by atoms with Gasteiger partial charge in [0.15, 0.2) is 6.29 Å². The van der Waals surface area contributed by atoms with Crippen LogP contribution >= 0.6 is 11.6 Å². The first-order valence-corrected chi connectivity index (χ1v) is 11.9. The fourth-order valence-corrected chi connectivity index (χ4v) is 4.18. The Bertz CT molecular complexity index is 1640. The Kier molecular flexibility index (Phi) is 7.86. The van der Waals surface area contributed by atoms with Gasteiger partial charge in [-0.1, -0.05) is 29.8 Å². The molecule has 2 heterocycles. The van der Waals surface area contributed by atoms with Crippen molar-refractivity contribution in [2.24, 2.45) is 0 Å². The van der Waals surface area contributed by atoms with E-state index < -0.39 is 5.91 Å². The minimum absolute atomic E-state index is 0.171. The summed E-state index contributed by atoms with van der Waals surface area (Å²) >= 11 is 6.34. The summed E-state index contributed by atoms with van der Waals surface area (Å²) in [5.41, 5.74) is 6.08. The Hall–Kier alpha value is -4.93. The van der Waals surface area contributed by atoms with Crippen molar-refractivity contribution in [1.29, 1.82) is 5.26 Å². The standard InChI is InChI=1S/C30H21ClN4O3/c1-18-12-21(26(31)13-22(18)17-37)7-9-28-25(14-32)24(10-11-33-28)23-4-3-5-27(19(23)2)35-30(38)29-8-6-20(16-36)15-34-29/h3-13,15-17H,1-2H3,(H,35,38)/b9-7+. The van der Waals surface area contributed by atoms with E-state index in [9.17, 15) is 19.6 Å². The molecule has 38 heavy (non-hydrogen) atoms. The van der Waals surface area contributed by atoms with Gasteiger partial charge in [0, 0.05) is 39.8 Å². The highest BCUT2D eigenvalue weighted by Gasteiger charge is 2.16. The van der Waals surface area contributed by atoms with E-state index in [1.807, 2.05) is 19.9 Å². The molecular weight excluding hydrogens is 500 g/mol. The van der Waals surface area contributed by atoms with Crippen molar-refractivity contribution in [3.05, 3.63) is 111 Å². The molecule has 4 rings (SSSR count). The van der Waals surface area contributed by atoms with Gasteiger partial charge < -0.3 is 5.32 Å². The van der Waals surface area contributed by atoms with Gasteiger partial charge in [-0.2, -0.15) is 5.26 Å². The topological polar surface area (TPSA) is 113 Å². The van der Waals surface area contributed by atoms with Gasteiger partial charge in [0.25, 0.3) is 5.91 Å². The van der Waals surface area contributed by atoms with Gasteiger partial charge in [0.1, 0.15) is 18.0 Å². The zero-order valence-corrected chi connectivity index (χ0v) is 21.3. The Morgan fingerprint density at radius 1 is 0.974 bits per heavy atom. The molecular formula is C30H21ClN4O3. The van der Waals surface area contributed by atoms with Crippen LogP contribution in [0.15, 0.2) is 60.9 Å². The number of hydrogen-bond acceptors (Lipinski definition) is 6. The summed E-state index contributed by atoms with van der Waals surface area (Å²) in [6.45, 7) is 3.67. The largest absolute Gasteiger partial charge is 0.320 e. The van der Waals surface area contributed by atoms with Crippen molar-refractivity contribution in [1.82, 2.24) is 9.97 Å². The number of rotatable bonds is 7. The summed E-state index contributed by atoms with van der Waals surface area (Å²) in [5.74, 6) is -0.422. The lowest BCUT2D eigenvalue weighted by Crippen LogP contribution is -2.14. The number of aryl methyl sites for hydroxylation is 1. The quantitative estimate of drug-likeness (QED) is 0.285. The average Bonchev–Trinajstić information content (AvgIpc) is 2.94. The molecule has 2 aromatic carbocycles. The van der Waals surface area contributed by atoms with Gasteiger partial charge in [-0.25, -0.2) is 0 Å². The van der Waals surface area contributed by atoms with Gasteiger partial charge in [0.05, 0.1) is 11.3 Å². The molecule has 1 amide bonds. The molecule has 0 spiro atoms. The molecule has 7 nitrogen and oxygen atoms in total. The fraction of sp³-hybridized carbons (Fsp3) is 0.0667. The van der Waals surface area contributed by atoms with E-state index >= 15 is 0 Å². The van der Waals surface area contributed by atoms with Gasteiger partial charge in [-0.05, 0) is 78.6 Å². The molecule has 186 valence electrons. The van der Waals surface area contributed by atoms with E-state index in [0.717, 1.165) is 23.0 Å². The number of nitrogens with zero attached hydrogens (tertiary/aromatic N) is 3. The van der Waals surface area contributed by atoms with Gasteiger partial charge >= 0.3 is 0 Å². The molecule has 0 aliphatic rings. The van der Waals surface area contributed by atoms with Crippen LogP contribution in [0.5, 0.6) is 0 Å². The molecule has 0 saturated carbocycles. The van der Waals surface area contributed by atoms with Crippen LogP contribution in [-0.4, -0.2) is 28.4 Å². The maximum Gasteiger partial charge on any atom is 0.274 e. The van der Waals surface area contributed by atoms with Crippen LogP contribution in [0.4, 0.5) is 5.69 Å². The second kappa shape index (κ2) is 11.4. The van der Waals surface area contributed by atoms with Gasteiger partial charge in [0.2, 0.25) is 0 Å². The first kappa shape index (κ1) is 26.1. The molecule has 0 bridgehead atoms. The van der Waals surface area contributed by atoms with Crippen molar-refractivity contribution >= 4 is 47.9 Å². The smallest absolute Gasteiger partial charge is 0.274 e. The zero-order chi connectivity index (χ0) is 27.2. The number of carbonyl (C=O) groups is 3.